The lowest BCUT2D eigenvalue weighted by atomic mass is 10.1. The summed E-state index contributed by atoms with van der Waals surface area (Å²) in [6, 6.07) is 15.7. The number of benzene rings is 2. The van der Waals surface area contributed by atoms with Crippen LogP contribution in [0.25, 0.3) is 22.6 Å². The van der Waals surface area contributed by atoms with Crippen LogP contribution in [0.2, 0.25) is 0 Å². The first-order chi connectivity index (χ1) is 11.8. The van der Waals surface area contributed by atoms with Gasteiger partial charge < -0.3 is 9.73 Å². The van der Waals surface area contributed by atoms with Crippen molar-refractivity contribution in [3.63, 3.8) is 0 Å². The fourth-order valence-electron chi connectivity index (χ4n) is 2.59. The molecule has 0 aliphatic rings. The van der Waals surface area contributed by atoms with Crippen LogP contribution < -0.4 is 5.32 Å². The van der Waals surface area contributed by atoms with Crippen LogP contribution >= 0.6 is 0 Å². The number of oxazole rings is 1. The molecule has 0 unspecified atom stereocenters. The Morgan fingerprint density at radius 2 is 1.88 bits per heavy atom. The molecule has 0 bridgehead atoms. The van der Waals surface area contributed by atoms with Gasteiger partial charge >= 0.3 is 0 Å². The van der Waals surface area contributed by atoms with Crippen LogP contribution in [0.1, 0.15) is 38.2 Å². The van der Waals surface area contributed by atoms with Crippen molar-refractivity contribution in [2.24, 2.45) is 0 Å². The number of para-hydroxylation sites is 2. The van der Waals surface area contributed by atoms with Crippen LogP contribution in [-0.4, -0.2) is 10.9 Å². The minimum absolute atomic E-state index is 0.117. The smallest absolute Gasteiger partial charge is 0.227 e. The van der Waals surface area contributed by atoms with Crippen LogP contribution in [0.5, 0.6) is 0 Å². The summed E-state index contributed by atoms with van der Waals surface area (Å²) in [5.41, 5.74) is 3.65. The maximum atomic E-state index is 11.7. The zero-order chi connectivity index (χ0) is 16.8. The Kier molecular flexibility index (Phi) is 5.26. The van der Waals surface area contributed by atoms with E-state index in [0.29, 0.717) is 18.9 Å². The number of rotatable bonds is 7. The molecule has 1 N–H and O–H groups in total. The Labute approximate surface area is 141 Å². The molecule has 2 aromatic carbocycles. The summed E-state index contributed by atoms with van der Waals surface area (Å²) < 4.78 is 5.77. The molecule has 0 radical (unpaired) electrons. The third-order valence-corrected chi connectivity index (χ3v) is 3.99. The van der Waals surface area contributed by atoms with Crippen molar-refractivity contribution in [3.05, 3.63) is 54.1 Å². The van der Waals surface area contributed by atoms with E-state index < -0.39 is 0 Å². The maximum Gasteiger partial charge on any atom is 0.227 e. The van der Waals surface area contributed by atoms with Gasteiger partial charge in [0.05, 0.1) is 0 Å². The molecule has 0 saturated carbocycles. The molecule has 3 rings (SSSR count). The van der Waals surface area contributed by atoms with Gasteiger partial charge in [0, 0.05) is 18.5 Å². The highest BCUT2D eigenvalue weighted by Gasteiger charge is 2.07. The molecule has 3 aromatic rings. The van der Waals surface area contributed by atoms with Gasteiger partial charge in [-0.3, -0.25) is 4.79 Å². The van der Waals surface area contributed by atoms with E-state index in [2.05, 4.69) is 17.2 Å². The molecule has 4 nitrogen and oxygen atoms in total. The topological polar surface area (TPSA) is 55.1 Å². The lowest BCUT2D eigenvalue weighted by Gasteiger charge is -2.05. The van der Waals surface area contributed by atoms with Crippen LogP contribution in [0.3, 0.4) is 0 Å². The number of nitrogens with zero attached hydrogens (tertiary/aromatic N) is 1. The predicted molar refractivity (Wildman–Crippen MR) is 95.4 cm³/mol. The number of carbonyl (C=O) groups is 1. The Balaban J connectivity index is 1.60. The molecule has 0 saturated heterocycles. The van der Waals surface area contributed by atoms with Crippen LogP contribution in [0.4, 0.5) is 0 Å². The van der Waals surface area contributed by atoms with E-state index >= 15 is 0 Å². The van der Waals surface area contributed by atoms with Gasteiger partial charge in [-0.25, -0.2) is 4.98 Å². The van der Waals surface area contributed by atoms with Crippen LogP contribution in [0.15, 0.2) is 52.9 Å². The number of carbonyl (C=O) groups excluding carboxylic acids is 1. The lowest BCUT2D eigenvalue weighted by molar-refractivity contribution is -0.121. The lowest BCUT2D eigenvalue weighted by Crippen LogP contribution is -2.22. The highest BCUT2D eigenvalue weighted by atomic mass is 16.3. The molecular formula is C20H22N2O2. The van der Waals surface area contributed by atoms with Gasteiger partial charge in [-0.05, 0) is 36.2 Å². The van der Waals surface area contributed by atoms with Gasteiger partial charge in [0.1, 0.15) is 5.52 Å². The second-order valence-electron chi connectivity index (χ2n) is 5.92. The highest BCUT2D eigenvalue weighted by molar-refractivity contribution is 5.76. The molecule has 0 spiro atoms. The van der Waals surface area contributed by atoms with Crippen molar-refractivity contribution >= 4 is 17.0 Å². The molecule has 0 fully saturated rings. The predicted octanol–water partition coefficient (Wildman–Crippen LogP) is 4.69. The van der Waals surface area contributed by atoms with Crippen molar-refractivity contribution in [1.29, 1.82) is 0 Å². The molecule has 124 valence electrons. The molecular weight excluding hydrogens is 300 g/mol. The van der Waals surface area contributed by atoms with Crippen molar-refractivity contribution in [2.75, 3.05) is 0 Å². The summed E-state index contributed by atoms with van der Waals surface area (Å²) in [7, 11) is 0. The molecule has 1 amide bonds. The van der Waals surface area contributed by atoms with Gasteiger partial charge in [0.15, 0.2) is 5.58 Å². The standard InChI is InChI=1S/C20H22N2O2/c1-2-3-4-9-19(23)21-14-15-10-12-16(13-11-15)20-22-17-7-5-6-8-18(17)24-20/h5-8,10-13H,2-4,9,14H2,1H3,(H,21,23). The summed E-state index contributed by atoms with van der Waals surface area (Å²) in [5, 5.41) is 2.96. The zero-order valence-corrected chi connectivity index (χ0v) is 13.9. The molecule has 1 heterocycles. The van der Waals surface area contributed by atoms with E-state index in [0.717, 1.165) is 41.5 Å². The average molecular weight is 322 g/mol. The summed E-state index contributed by atoms with van der Waals surface area (Å²) in [5.74, 6) is 0.734. The van der Waals surface area contributed by atoms with Crippen molar-refractivity contribution in [3.8, 4) is 11.5 Å². The van der Waals surface area contributed by atoms with E-state index in [1.807, 2.05) is 48.5 Å². The number of fused-ring (bicyclic) bond motifs is 1. The minimum Gasteiger partial charge on any atom is -0.436 e. The van der Waals surface area contributed by atoms with E-state index in [1.165, 1.54) is 0 Å². The van der Waals surface area contributed by atoms with E-state index in [-0.39, 0.29) is 5.91 Å². The largest absolute Gasteiger partial charge is 0.436 e. The quantitative estimate of drug-likeness (QED) is 0.642. The van der Waals surface area contributed by atoms with Crippen molar-refractivity contribution in [2.45, 2.75) is 39.2 Å². The van der Waals surface area contributed by atoms with Crippen molar-refractivity contribution in [1.82, 2.24) is 10.3 Å². The number of unbranched alkanes of at least 4 members (excludes halogenated alkanes) is 2. The Morgan fingerprint density at radius 3 is 2.62 bits per heavy atom. The summed E-state index contributed by atoms with van der Waals surface area (Å²) in [4.78, 5) is 16.2. The number of hydrogen-bond acceptors (Lipinski definition) is 3. The summed E-state index contributed by atoms with van der Waals surface area (Å²) in [6.45, 7) is 2.69. The Hall–Kier alpha value is -2.62. The number of hydrogen-bond donors (Lipinski definition) is 1. The van der Waals surface area contributed by atoms with Crippen molar-refractivity contribution < 1.29 is 9.21 Å². The van der Waals surface area contributed by atoms with Gasteiger partial charge in [-0.2, -0.15) is 0 Å². The zero-order valence-electron chi connectivity index (χ0n) is 13.9. The fourth-order valence-corrected chi connectivity index (χ4v) is 2.59. The first-order valence-electron chi connectivity index (χ1n) is 8.48. The first kappa shape index (κ1) is 16.2. The fraction of sp³-hybridized carbons (Fsp3) is 0.300. The number of nitrogens with one attached hydrogen (secondary N) is 1. The Morgan fingerprint density at radius 1 is 1.08 bits per heavy atom. The molecule has 0 aliphatic heterocycles. The van der Waals surface area contributed by atoms with Gasteiger partial charge in [-0.15, -0.1) is 0 Å². The van der Waals surface area contributed by atoms with E-state index in [9.17, 15) is 4.79 Å². The average Bonchev–Trinajstić information content (AvgIpc) is 3.05. The summed E-state index contributed by atoms with van der Waals surface area (Å²) >= 11 is 0. The third kappa shape index (κ3) is 4.02. The monoisotopic (exact) mass is 322 g/mol. The Bertz CT molecular complexity index is 773. The molecule has 24 heavy (non-hydrogen) atoms. The SMILES string of the molecule is CCCCCC(=O)NCc1ccc(-c2nc3ccccc3o2)cc1. The van der Waals surface area contributed by atoms with Gasteiger partial charge in [0.2, 0.25) is 11.8 Å². The van der Waals surface area contributed by atoms with Crippen LogP contribution in [0, 0.1) is 0 Å². The second-order valence-corrected chi connectivity index (χ2v) is 5.92. The van der Waals surface area contributed by atoms with Gasteiger partial charge in [-0.1, -0.05) is 44.0 Å². The molecule has 0 aliphatic carbocycles. The summed E-state index contributed by atoms with van der Waals surface area (Å²) in [6.07, 6.45) is 3.80. The van der Waals surface area contributed by atoms with Crippen LogP contribution in [-0.2, 0) is 11.3 Å². The third-order valence-electron chi connectivity index (χ3n) is 3.99. The highest BCUT2D eigenvalue weighted by Crippen LogP contribution is 2.24. The maximum absolute atomic E-state index is 11.7. The normalized spacial score (nSPS) is 10.9. The first-order valence-corrected chi connectivity index (χ1v) is 8.48. The van der Waals surface area contributed by atoms with E-state index in [1.54, 1.807) is 0 Å². The molecule has 1 aromatic heterocycles. The molecule has 0 atom stereocenters. The number of amides is 1. The molecule has 4 heteroatoms. The minimum atomic E-state index is 0.117. The van der Waals surface area contributed by atoms with E-state index in [4.69, 9.17) is 4.42 Å². The van der Waals surface area contributed by atoms with Gasteiger partial charge in [0.25, 0.3) is 0 Å². The second kappa shape index (κ2) is 7.77. The number of aromatic nitrogens is 1.